The van der Waals surface area contributed by atoms with Crippen LogP contribution in [0.5, 0.6) is 0 Å². The van der Waals surface area contributed by atoms with Crippen LogP contribution < -0.4 is 5.32 Å². The average molecular weight is 542 g/mol. The minimum atomic E-state index is -1.04. The van der Waals surface area contributed by atoms with Gasteiger partial charge >= 0.3 is 5.97 Å². The molecule has 196 valence electrons. The number of benzene rings is 3. The Hall–Kier alpha value is -2.84. The normalized spacial score (nSPS) is 11.8. The molecule has 1 atom stereocenters. The average Bonchev–Trinajstić information content (AvgIpc) is 2.89. The SMILES string of the molecule is CSCCC(NC(=O)c1ccc(COCCOCc2ccc(Cl)cc2)cc1-c1ccccc1C)C(=O)O. The Morgan fingerprint density at radius 2 is 1.59 bits per heavy atom. The summed E-state index contributed by atoms with van der Waals surface area (Å²) in [5, 5.41) is 12.9. The first kappa shape index (κ1) is 28.7. The Labute approximate surface area is 227 Å². The van der Waals surface area contributed by atoms with E-state index in [1.54, 1.807) is 17.8 Å². The van der Waals surface area contributed by atoms with Crippen molar-refractivity contribution < 1.29 is 24.2 Å². The topological polar surface area (TPSA) is 84.9 Å². The van der Waals surface area contributed by atoms with Crippen LogP contribution in [0.15, 0.2) is 66.7 Å². The van der Waals surface area contributed by atoms with Gasteiger partial charge in [0.25, 0.3) is 5.91 Å². The molecular weight excluding hydrogens is 510 g/mol. The van der Waals surface area contributed by atoms with E-state index in [0.717, 1.165) is 27.8 Å². The van der Waals surface area contributed by atoms with E-state index in [0.29, 0.717) is 49.2 Å². The van der Waals surface area contributed by atoms with Crippen LogP contribution in [0, 0.1) is 6.92 Å². The van der Waals surface area contributed by atoms with E-state index < -0.39 is 17.9 Å². The summed E-state index contributed by atoms with van der Waals surface area (Å²) in [5.74, 6) is -0.806. The van der Waals surface area contributed by atoms with Crippen molar-refractivity contribution in [2.24, 2.45) is 0 Å². The summed E-state index contributed by atoms with van der Waals surface area (Å²) in [4.78, 5) is 24.8. The van der Waals surface area contributed by atoms with Gasteiger partial charge in [-0.25, -0.2) is 4.79 Å². The second-order valence-electron chi connectivity index (χ2n) is 8.57. The van der Waals surface area contributed by atoms with Crippen molar-refractivity contribution >= 4 is 35.2 Å². The fraction of sp³-hybridized carbons (Fsp3) is 0.310. The first-order chi connectivity index (χ1) is 17.9. The molecule has 1 unspecified atom stereocenters. The van der Waals surface area contributed by atoms with Gasteiger partial charge in [0.1, 0.15) is 6.04 Å². The van der Waals surface area contributed by atoms with Crippen LogP contribution in [0.4, 0.5) is 0 Å². The quantitative estimate of drug-likeness (QED) is 0.244. The molecule has 0 saturated carbocycles. The standard InChI is InChI=1S/C29H32ClNO5S/c1-20-5-3-4-6-24(20)26-17-22(19-36-15-14-35-18-21-7-10-23(30)11-8-21)9-12-25(26)28(32)31-27(29(33)34)13-16-37-2/h3-12,17,27H,13-16,18-19H2,1-2H3,(H,31,32)(H,33,34). The molecule has 6 nitrogen and oxygen atoms in total. The van der Waals surface area contributed by atoms with Crippen LogP contribution in [-0.4, -0.2) is 48.2 Å². The fourth-order valence-corrected chi connectivity index (χ4v) is 4.38. The van der Waals surface area contributed by atoms with E-state index in [4.69, 9.17) is 21.1 Å². The van der Waals surface area contributed by atoms with Gasteiger partial charge < -0.3 is 19.9 Å². The number of aliphatic carboxylic acids is 1. The van der Waals surface area contributed by atoms with Crippen LogP contribution in [0.3, 0.4) is 0 Å². The number of hydrogen-bond acceptors (Lipinski definition) is 5. The lowest BCUT2D eigenvalue weighted by atomic mass is 9.93. The van der Waals surface area contributed by atoms with Gasteiger partial charge in [-0.2, -0.15) is 11.8 Å². The third-order valence-electron chi connectivity index (χ3n) is 5.80. The van der Waals surface area contributed by atoms with Crippen molar-refractivity contribution in [3.8, 4) is 11.1 Å². The number of carbonyl (C=O) groups is 2. The maximum atomic E-state index is 13.2. The zero-order valence-corrected chi connectivity index (χ0v) is 22.6. The number of rotatable bonds is 14. The molecule has 37 heavy (non-hydrogen) atoms. The maximum absolute atomic E-state index is 13.2. The van der Waals surface area contributed by atoms with Crippen LogP contribution in [0.25, 0.3) is 11.1 Å². The van der Waals surface area contributed by atoms with Gasteiger partial charge in [-0.3, -0.25) is 4.79 Å². The van der Waals surface area contributed by atoms with E-state index in [2.05, 4.69) is 5.32 Å². The highest BCUT2D eigenvalue weighted by atomic mass is 35.5. The molecule has 0 heterocycles. The molecule has 8 heteroatoms. The summed E-state index contributed by atoms with van der Waals surface area (Å²) in [6.45, 7) is 3.69. The van der Waals surface area contributed by atoms with Gasteiger partial charge in [0.2, 0.25) is 0 Å². The predicted octanol–water partition coefficient (Wildman–Crippen LogP) is 5.98. The second kappa shape index (κ2) is 14.8. The van der Waals surface area contributed by atoms with Crippen LogP contribution >= 0.6 is 23.4 Å². The number of hydrogen-bond donors (Lipinski definition) is 2. The van der Waals surface area contributed by atoms with Crippen molar-refractivity contribution in [1.29, 1.82) is 0 Å². The highest BCUT2D eigenvalue weighted by Gasteiger charge is 2.22. The Morgan fingerprint density at radius 3 is 2.24 bits per heavy atom. The van der Waals surface area contributed by atoms with E-state index in [-0.39, 0.29) is 0 Å². The lowest BCUT2D eigenvalue weighted by Crippen LogP contribution is -2.41. The summed E-state index contributed by atoms with van der Waals surface area (Å²) in [6.07, 6.45) is 2.26. The molecule has 1 amide bonds. The zero-order valence-electron chi connectivity index (χ0n) is 21.0. The van der Waals surface area contributed by atoms with Crippen LogP contribution in [0.1, 0.15) is 33.5 Å². The second-order valence-corrected chi connectivity index (χ2v) is 9.99. The smallest absolute Gasteiger partial charge is 0.326 e. The number of carboxylic acids is 1. The fourth-order valence-electron chi connectivity index (χ4n) is 3.78. The van der Waals surface area contributed by atoms with Crippen LogP contribution in [0.2, 0.25) is 5.02 Å². The molecular formula is C29H32ClNO5S. The van der Waals surface area contributed by atoms with E-state index >= 15 is 0 Å². The minimum Gasteiger partial charge on any atom is -0.480 e. The highest BCUT2D eigenvalue weighted by molar-refractivity contribution is 7.98. The monoisotopic (exact) mass is 541 g/mol. The van der Waals surface area contributed by atoms with Crippen molar-refractivity contribution in [3.63, 3.8) is 0 Å². The number of nitrogens with one attached hydrogen (secondary N) is 1. The number of carbonyl (C=O) groups excluding carboxylic acids is 1. The van der Waals surface area contributed by atoms with E-state index in [9.17, 15) is 14.7 Å². The third-order valence-corrected chi connectivity index (χ3v) is 6.70. The van der Waals surface area contributed by atoms with E-state index in [1.807, 2.05) is 73.8 Å². The minimum absolute atomic E-state index is 0.355. The molecule has 0 fully saturated rings. The van der Waals surface area contributed by atoms with Gasteiger partial charge in [-0.1, -0.05) is 54.1 Å². The van der Waals surface area contributed by atoms with Crippen LogP contribution in [-0.2, 0) is 27.5 Å². The molecule has 0 saturated heterocycles. The molecule has 0 aliphatic carbocycles. The Morgan fingerprint density at radius 1 is 0.946 bits per heavy atom. The zero-order chi connectivity index (χ0) is 26.6. The Bertz CT molecular complexity index is 1190. The lowest BCUT2D eigenvalue weighted by molar-refractivity contribution is -0.139. The number of thioether (sulfide) groups is 1. The first-order valence-electron chi connectivity index (χ1n) is 12.0. The van der Waals surface area contributed by atoms with Crippen molar-refractivity contribution in [2.45, 2.75) is 32.6 Å². The van der Waals surface area contributed by atoms with E-state index in [1.165, 1.54) is 0 Å². The molecule has 0 radical (unpaired) electrons. The van der Waals surface area contributed by atoms with Gasteiger partial charge in [0, 0.05) is 10.6 Å². The molecule has 3 aromatic carbocycles. The first-order valence-corrected chi connectivity index (χ1v) is 13.8. The molecule has 3 rings (SSSR count). The molecule has 0 aliphatic rings. The van der Waals surface area contributed by atoms with Crippen molar-refractivity contribution in [1.82, 2.24) is 5.32 Å². The number of halogens is 1. The lowest BCUT2D eigenvalue weighted by Gasteiger charge is -2.17. The largest absolute Gasteiger partial charge is 0.480 e. The third kappa shape index (κ3) is 8.90. The van der Waals surface area contributed by atoms with Gasteiger partial charge in [0.05, 0.1) is 26.4 Å². The Kier molecular flexibility index (Phi) is 11.5. The van der Waals surface area contributed by atoms with Crippen molar-refractivity contribution in [2.75, 3.05) is 25.2 Å². The maximum Gasteiger partial charge on any atom is 0.326 e. The predicted molar refractivity (Wildman–Crippen MR) is 149 cm³/mol. The summed E-state index contributed by atoms with van der Waals surface area (Å²) in [6, 6.07) is 19.9. The molecule has 0 bridgehead atoms. The van der Waals surface area contributed by atoms with Gasteiger partial charge in [0.15, 0.2) is 0 Å². The molecule has 0 aromatic heterocycles. The number of ether oxygens (including phenoxy) is 2. The summed E-state index contributed by atoms with van der Waals surface area (Å²) >= 11 is 7.45. The molecule has 2 N–H and O–H groups in total. The summed E-state index contributed by atoms with van der Waals surface area (Å²) in [5.41, 5.74) is 5.05. The number of aryl methyl sites for hydroxylation is 1. The molecule has 3 aromatic rings. The van der Waals surface area contributed by atoms with Gasteiger partial charge in [-0.05, 0) is 77.4 Å². The summed E-state index contributed by atoms with van der Waals surface area (Å²) in [7, 11) is 0. The van der Waals surface area contributed by atoms with Gasteiger partial charge in [-0.15, -0.1) is 0 Å². The number of carboxylic acid groups (broad SMARTS) is 1. The molecule has 0 spiro atoms. The number of amides is 1. The highest BCUT2D eigenvalue weighted by Crippen LogP contribution is 2.28. The van der Waals surface area contributed by atoms with Crippen molar-refractivity contribution in [3.05, 3.63) is 94.0 Å². The summed E-state index contributed by atoms with van der Waals surface area (Å²) < 4.78 is 11.5. The molecule has 0 aliphatic heterocycles. The Balaban J connectivity index is 1.67.